The number of aliphatic carboxylic acids is 1. The van der Waals surface area contributed by atoms with Crippen LogP contribution in [0.15, 0.2) is 18.2 Å². The maximum absolute atomic E-state index is 11.6. The van der Waals surface area contributed by atoms with E-state index in [1.165, 1.54) is 5.56 Å². The number of benzene rings is 1. The molecule has 0 radical (unpaired) electrons. The minimum absolute atomic E-state index is 0.221. The maximum atomic E-state index is 11.6. The highest BCUT2D eigenvalue weighted by atomic mass is 16.4. The van der Waals surface area contributed by atoms with Gasteiger partial charge in [-0.1, -0.05) is 32.0 Å². The molecule has 0 heterocycles. The van der Waals surface area contributed by atoms with Gasteiger partial charge in [-0.05, 0) is 30.5 Å². The Morgan fingerprint density at radius 2 is 1.84 bits per heavy atom. The molecule has 19 heavy (non-hydrogen) atoms. The molecule has 0 aliphatic heterocycles. The van der Waals surface area contributed by atoms with Crippen LogP contribution in [0, 0.1) is 19.8 Å². The lowest BCUT2D eigenvalue weighted by atomic mass is 10.0. The molecule has 2 N–H and O–H groups in total. The minimum atomic E-state index is -1.01. The highest BCUT2D eigenvalue weighted by molar-refractivity contribution is 5.84. The van der Waals surface area contributed by atoms with Gasteiger partial charge in [0, 0.05) is 12.3 Å². The Hall–Kier alpha value is -1.84. The molecule has 4 heteroatoms. The van der Waals surface area contributed by atoms with Crippen molar-refractivity contribution in [2.75, 3.05) is 0 Å². The number of amides is 1. The summed E-state index contributed by atoms with van der Waals surface area (Å²) in [6, 6.07) is 4.96. The molecule has 4 nitrogen and oxygen atoms in total. The average Bonchev–Trinajstić information content (AvgIpc) is 2.32. The summed E-state index contributed by atoms with van der Waals surface area (Å²) in [6.07, 6.45) is 0.301. The molecule has 0 aliphatic rings. The van der Waals surface area contributed by atoms with E-state index in [0.29, 0.717) is 6.42 Å². The van der Waals surface area contributed by atoms with Gasteiger partial charge in [0.25, 0.3) is 0 Å². The van der Waals surface area contributed by atoms with Gasteiger partial charge in [-0.15, -0.1) is 0 Å². The van der Waals surface area contributed by atoms with Crippen molar-refractivity contribution in [3.8, 4) is 0 Å². The average molecular weight is 263 g/mol. The third-order valence-electron chi connectivity index (χ3n) is 3.15. The van der Waals surface area contributed by atoms with Gasteiger partial charge in [0.15, 0.2) is 0 Å². The summed E-state index contributed by atoms with van der Waals surface area (Å²) in [6.45, 7) is 7.48. The summed E-state index contributed by atoms with van der Waals surface area (Å²) in [5.74, 6) is -1.47. The van der Waals surface area contributed by atoms with Gasteiger partial charge in [-0.25, -0.2) is 4.79 Å². The Labute approximate surface area is 113 Å². The van der Waals surface area contributed by atoms with Crippen molar-refractivity contribution in [3.63, 3.8) is 0 Å². The van der Waals surface area contributed by atoms with Crippen LogP contribution in [0.4, 0.5) is 0 Å². The molecule has 0 aromatic heterocycles. The molecule has 0 fully saturated rings. The Bertz CT molecular complexity index is 480. The first-order valence-corrected chi connectivity index (χ1v) is 6.40. The summed E-state index contributed by atoms with van der Waals surface area (Å²) < 4.78 is 0. The topological polar surface area (TPSA) is 66.4 Å². The van der Waals surface area contributed by atoms with Gasteiger partial charge in [-0.2, -0.15) is 0 Å². The van der Waals surface area contributed by atoms with Crippen LogP contribution >= 0.6 is 0 Å². The van der Waals surface area contributed by atoms with Crippen LogP contribution in [0.25, 0.3) is 0 Å². The predicted octanol–water partition coefficient (Wildman–Crippen LogP) is 2.07. The van der Waals surface area contributed by atoms with Crippen LogP contribution in [0.3, 0.4) is 0 Å². The van der Waals surface area contributed by atoms with Crippen molar-refractivity contribution in [1.29, 1.82) is 0 Å². The fourth-order valence-corrected chi connectivity index (χ4v) is 1.70. The van der Waals surface area contributed by atoms with Crippen molar-refractivity contribution in [2.45, 2.75) is 40.2 Å². The van der Waals surface area contributed by atoms with Crippen LogP contribution in [0.1, 0.15) is 30.5 Å². The number of carbonyl (C=O) groups is 2. The van der Waals surface area contributed by atoms with Gasteiger partial charge in [0.2, 0.25) is 5.91 Å². The lowest BCUT2D eigenvalue weighted by molar-refractivity contribution is -0.142. The second-order valence-electron chi connectivity index (χ2n) is 5.18. The number of carbonyl (C=O) groups excluding carboxylic acids is 1. The fraction of sp³-hybridized carbons (Fsp3) is 0.467. The summed E-state index contributed by atoms with van der Waals surface area (Å²) >= 11 is 0. The van der Waals surface area contributed by atoms with Crippen LogP contribution in [0.5, 0.6) is 0 Å². The molecular weight excluding hydrogens is 242 g/mol. The molecule has 1 rings (SSSR count). The van der Waals surface area contributed by atoms with E-state index in [1.807, 2.05) is 32.0 Å². The number of hydrogen-bond acceptors (Lipinski definition) is 2. The largest absolute Gasteiger partial charge is 0.480 e. The molecule has 0 saturated carbocycles. The third-order valence-corrected chi connectivity index (χ3v) is 3.15. The molecule has 1 aromatic carbocycles. The van der Waals surface area contributed by atoms with E-state index in [2.05, 4.69) is 5.32 Å². The van der Waals surface area contributed by atoms with Gasteiger partial charge in [-0.3, -0.25) is 4.79 Å². The predicted molar refractivity (Wildman–Crippen MR) is 74.0 cm³/mol. The molecule has 0 unspecified atom stereocenters. The van der Waals surface area contributed by atoms with Crippen LogP contribution in [0.2, 0.25) is 0 Å². The van der Waals surface area contributed by atoms with Crippen molar-refractivity contribution >= 4 is 11.9 Å². The highest BCUT2D eigenvalue weighted by Gasteiger charge is 2.21. The zero-order chi connectivity index (χ0) is 14.6. The fourth-order valence-electron chi connectivity index (χ4n) is 1.70. The van der Waals surface area contributed by atoms with E-state index >= 15 is 0 Å². The first-order valence-electron chi connectivity index (χ1n) is 6.40. The van der Waals surface area contributed by atoms with Gasteiger partial charge in [0.1, 0.15) is 6.04 Å². The van der Waals surface area contributed by atoms with Crippen LogP contribution in [-0.2, 0) is 16.0 Å². The standard InChI is InChI=1S/C15H21NO3/c1-9(2)14(17)16-13(15(18)19)8-12-6-5-10(3)11(4)7-12/h5-7,9,13H,8H2,1-4H3,(H,16,17)(H,18,19)/t13-/m1/s1. The number of rotatable bonds is 5. The van der Waals surface area contributed by atoms with E-state index in [4.69, 9.17) is 0 Å². The molecule has 0 spiro atoms. The zero-order valence-electron chi connectivity index (χ0n) is 11.9. The van der Waals surface area contributed by atoms with Crippen molar-refractivity contribution < 1.29 is 14.7 Å². The van der Waals surface area contributed by atoms with E-state index < -0.39 is 12.0 Å². The molecule has 1 atom stereocenters. The Balaban J connectivity index is 2.81. The molecular formula is C15H21NO3. The van der Waals surface area contributed by atoms with Gasteiger partial charge < -0.3 is 10.4 Å². The van der Waals surface area contributed by atoms with Crippen molar-refractivity contribution in [1.82, 2.24) is 5.32 Å². The number of carboxylic acids is 1. The first kappa shape index (κ1) is 15.2. The van der Waals surface area contributed by atoms with E-state index in [0.717, 1.165) is 11.1 Å². The SMILES string of the molecule is Cc1ccc(C[C@@H](NC(=O)C(C)C)C(=O)O)cc1C. The van der Waals surface area contributed by atoms with Gasteiger partial charge in [0.05, 0.1) is 0 Å². The lowest BCUT2D eigenvalue weighted by Crippen LogP contribution is -2.44. The quantitative estimate of drug-likeness (QED) is 0.854. The summed E-state index contributed by atoms with van der Waals surface area (Å²) in [5, 5.41) is 11.7. The number of hydrogen-bond donors (Lipinski definition) is 2. The number of carboxylic acid groups (broad SMARTS) is 1. The second kappa shape index (κ2) is 6.36. The smallest absolute Gasteiger partial charge is 0.326 e. The molecule has 0 bridgehead atoms. The molecule has 0 saturated heterocycles. The Morgan fingerprint density at radius 1 is 1.21 bits per heavy atom. The molecule has 104 valence electrons. The van der Waals surface area contributed by atoms with Crippen molar-refractivity contribution in [2.24, 2.45) is 5.92 Å². The maximum Gasteiger partial charge on any atom is 0.326 e. The third kappa shape index (κ3) is 4.39. The summed E-state index contributed by atoms with van der Waals surface area (Å²) in [7, 11) is 0. The van der Waals surface area contributed by atoms with E-state index in [1.54, 1.807) is 13.8 Å². The van der Waals surface area contributed by atoms with Crippen LogP contribution in [-0.4, -0.2) is 23.0 Å². The van der Waals surface area contributed by atoms with Crippen LogP contribution < -0.4 is 5.32 Å². The Kier molecular flexibility index (Phi) is 5.10. The summed E-state index contributed by atoms with van der Waals surface area (Å²) in [4.78, 5) is 22.8. The van der Waals surface area contributed by atoms with E-state index in [-0.39, 0.29) is 11.8 Å². The molecule has 1 aromatic rings. The van der Waals surface area contributed by atoms with Crippen molar-refractivity contribution in [3.05, 3.63) is 34.9 Å². The summed E-state index contributed by atoms with van der Waals surface area (Å²) in [5.41, 5.74) is 3.21. The normalized spacial score (nSPS) is 12.3. The lowest BCUT2D eigenvalue weighted by Gasteiger charge is -2.16. The second-order valence-corrected chi connectivity index (χ2v) is 5.18. The zero-order valence-corrected chi connectivity index (χ0v) is 11.9. The number of nitrogens with one attached hydrogen (secondary N) is 1. The number of aryl methyl sites for hydroxylation is 2. The highest BCUT2D eigenvalue weighted by Crippen LogP contribution is 2.12. The van der Waals surface area contributed by atoms with Gasteiger partial charge >= 0.3 is 5.97 Å². The monoisotopic (exact) mass is 263 g/mol. The molecule has 0 aliphatic carbocycles. The first-order chi connectivity index (χ1) is 8.81. The Morgan fingerprint density at radius 3 is 2.32 bits per heavy atom. The molecule has 1 amide bonds. The van der Waals surface area contributed by atoms with E-state index in [9.17, 15) is 14.7 Å². The minimum Gasteiger partial charge on any atom is -0.480 e.